The summed E-state index contributed by atoms with van der Waals surface area (Å²) in [4.78, 5) is 18.6. The molecular formula is C21H27ClN4O2S. The third-order valence-corrected chi connectivity index (χ3v) is 5.19. The van der Waals surface area contributed by atoms with Gasteiger partial charge in [0.05, 0.1) is 0 Å². The number of carbonyl (C=O) groups excluding carboxylic acids is 1. The predicted molar refractivity (Wildman–Crippen MR) is 121 cm³/mol. The molecule has 0 aromatic heterocycles. The largest absolute Gasteiger partial charge is 0.484 e. The second-order valence-electron chi connectivity index (χ2n) is 6.38. The summed E-state index contributed by atoms with van der Waals surface area (Å²) in [5, 5.41) is 7.33. The predicted octanol–water partition coefficient (Wildman–Crippen LogP) is 3.26. The van der Waals surface area contributed by atoms with Crippen LogP contribution in [0.3, 0.4) is 0 Å². The van der Waals surface area contributed by atoms with Crippen molar-refractivity contribution in [1.29, 1.82) is 0 Å². The van der Waals surface area contributed by atoms with Crippen LogP contribution in [0.1, 0.15) is 5.56 Å². The van der Waals surface area contributed by atoms with E-state index < -0.39 is 0 Å². The van der Waals surface area contributed by atoms with Gasteiger partial charge in [0.2, 0.25) is 0 Å². The molecule has 0 radical (unpaired) electrons. The Morgan fingerprint density at radius 1 is 1.17 bits per heavy atom. The number of carbonyl (C=O) groups is 1. The van der Waals surface area contributed by atoms with Crippen molar-refractivity contribution in [2.45, 2.75) is 11.4 Å². The minimum atomic E-state index is -0.0744. The van der Waals surface area contributed by atoms with Crippen LogP contribution < -0.4 is 15.4 Å². The molecule has 2 aromatic carbocycles. The standard InChI is InChI=1S/C21H27ClN4O2S/c1-23-21(24-11-12-29-19-9-7-17(22)8-10-19)25-14-16-5-4-6-18(13-16)28-15-20(27)26(2)3/h4-10,13H,11-12,14-15H2,1-3H3,(H2,23,24,25). The first-order valence-corrected chi connectivity index (χ1v) is 10.6. The molecule has 0 bridgehead atoms. The van der Waals surface area contributed by atoms with Crippen molar-refractivity contribution in [1.82, 2.24) is 15.5 Å². The van der Waals surface area contributed by atoms with E-state index in [9.17, 15) is 4.79 Å². The van der Waals surface area contributed by atoms with Gasteiger partial charge in [0.15, 0.2) is 12.6 Å². The van der Waals surface area contributed by atoms with Crippen molar-refractivity contribution in [3.8, 4) is 5.75 Å². The first kappa shape index (κ1) is 22.9. The minimum absolute atomic E-state index is 0.0262. The van der Waals surface area contributed by atoms with Crippen LogP contribution in [0.15, 0.2) is 58.4 Å². The molecule has 0 unspecified atom stereocenters. The molecule has 0 saturated carbocycles. The van der Waals surface area contributed by atoms with Gasteiger partial charge in [0.1, 0.15) is 5.75 Å². The van der Waals surface area contributed by atoms with Gasteiger partial charge in [-0.05, 0) is 42.0 Å². The molecule has 29 heavy (non-hydrogen) atoms. The van der Waals surface area contributed by atoms with Gasteiger partial charge in [-0.1, -0.05) is 23.7 Å². The zero-order valence-electron chi connectivity index (χ0n) is 16.9. The van der Waals surface area contributed by atoms with Crippen LogP contribution in [0.5, 0.6) is 5.75 Å². The Balaban J connectivity index is 1.73. The molecular weight excluding hydrogens is 408 g/mol. The number of hydrogen-bond donors (Lipinski definition) is 2. The second kappa shape index (κ2) is 12.2. The van der Waals surface area contributed by atoms with E-state index in [-0.39, 0.29) is 12.5 Å². The number of guanidine groups is 1. The number of ether oxygens (including phenoxy) is 1. The van der Waals surface area contributed by atoms with E-state index in [4.69, 9.17) is 16.3 Å². The van der Waals surface area contributed by atoms with Crippen LogP contribution in [0.4, 0.5) is 0 Å². The fourth-order valence-corrected chi connectivity index (χ4v) is 3.19. The maximum Gasteiger partial charge on any atom is 0.259 e. The fourth-order valence-electron chi connectivity index (χ4n) is 2.29. The van der Waals surface area contributed by atoms with Crippen molar-refractivity contribution >= 4 is 35.2 Å². The average Bonchev–Trinajstić information content (AvgIpc) is 2.73. The van der Waals surface area contributed by atoms with E-state index in [0.717, 1.165) is 28.8 Å². The molecule has 2 N–H and O–H groups in total. The van der Waals surface area contributed by atoms with Crippen molar-refractivity contribution in [2.75, 3.05) is 40.0 Å². The highest BCUT2D eigenvalue weighted by Crippen LogP contribution is 2.19. The van der Waals surface area contributed by atoms with Gasteiger partial charge < -0.3 is 20.3 Å². The summed E-state index contributed by atoms with van der Waals surface area (Å²) in [6.45, 7) is 1.41. The third-order valence-electron chi connectivity index (χ3n) is 3.92. The number of benzene rings is 2. The molecule has 0 saturated heterocycles. The van der Waals surface area contributed by atoms with E-state index >= 15 is 0 Å². The first-order chi connectivity index (χ1) is 14.0. The monoisotopic (exact) mass is 434 g/mol. The number of halogens is 1. The molecule has 0 aliphatic rings. The van der Waals surface area contributed by atoms with E-state index in [0.29, 0.717) is 12.3 Å². The number of nitrogens with zero attached hydrogens (tertiary/aromatic N) is 2. The summed E-state index contributed by atoms with van der Waals surface area (Å²) in [6, 6.07) is 15.5. The highest BCUT2D eigenvalue weighted by Gasteiger charge is 2.06. The fraction of sp³-hybridized carbons (Fsp3) is 0.333. The molecule has 0 atom stereocenters. The van der Waals surface area contributed by atoms with Gasteiger partial charge in [-0.2, -0.15) is 0 Å². The maximum atomic E-state index is 11.6. The molecule has 0 aliphatic heterocycles. The molecule has 1 amide bonds. The SMILES string of the molecule is CN=C(NCCSc1ccc(Cl)cc1)NCc1cccc(OCC(=O)N(C)C)c1. The van der Waals surface area contributed by atoms with Crippen molar-refractivity contribution in [2.24, 2.45) is 4.99 Å². The lowest BCUT2D eigenvalue weighted by atomic mass is 10.2. The highest BCUT2D eigenvalue weighted by molar-refractivity contribution is 7.99. The molecule has 0 fully saturated rings. The topological polar surface area (TPSA) is 66.0 Å². The number of hydrogen-bond acceptors (Lipinski definition) is 4. The number of nitrogens with one attached hydrogen (secondary N) is 2. The Kier molecular flexibility index (Phi) is 9.67. The molecule has 156 valence electrons. The third kappa shape index (κ3) is 8.66. The van der Waals surface area contributed by atoms with Crippen LogP contribution >= 0.6 is 23.4 Å². The summed E-state index contributed by atoms with van der Waals surface area (Å²) < 4.78 is 5.56. The molecule has 8 heteroatoms. The maximum absolute atomic E-state index is 11.6. The van der Waals surface area contributed by atoms with Crippen LogP contribution in [-0.4, -0.2) is 56.8 Å². The zero-order chi connectivity index (χ0) is 21.1. The van der Waals surface area contributed by atoms with Crippen LogP contribution in [0.2, 0.25) is 5.02 Å². The van der Waals surface area contributed by atoms with Crippen LogP contribution in [0, 0.1) is 0 Å². The molecule has 0 aliphatic carbocycles. The second-order valence-corrected chi connectivity index (χ2v) is 7.98. The highest BCUT2D eigenvalue weighted by atomic mass is 35.5. The summed E-state index contributed by atoms with van der Waals surface area (Å²) in [6.07, 6.45) is 0. The van der Waals surface area contributed by atoms with E-state index in [2.05, 4.69) is 15.6 Å². The van der Waals surface area contributed by atoms with Gasteiger partial charge in [-0.15, -0.1) is 11.8 Å². The Hall–Kier alpha value is -2.38. The molecule has 6 nitrogen and oxygen atoms in total. The van der Waals surface area contributed by atoms with Crippen LogP contribution in [0.25, 0.3) is 0 Å². The van der Waals surface area contributed by atoms with Gasteiger partial charge in [-0.25, -0.2) is 0 Å². The Morgan fingerprint density at radius 2 is 1.93 bits per heavy atom. The van der Waals surface area contributed by atoms with Gasteiger partial charge in [-0.3, -0.25) is 9.79 Å². The van der Waals surface area contributed by atoms with Crippen molar-refractivity contribution in [3.63, 3.8) is 0 Å². The molecule has 2 aromatic rings. The van der Waals surface area contributed by atoms with Gasteiger partial charge >= 0.3 is 0 Å². The summed E-state index contributed by atoms with van der Waals surface area (Å²) in [5.41, 5.74) is 1.04. The lowest BCUT2D eigenvalue weighted by Gasteiger charge is -2.13. The van der Waals surface area contributed by atoms with Crippen LogP contribution in [-0.2, 0) is 11.3 Å². The minimum Gasteiger partial charge on any atom is -0.484 e. The quantitative estimate of drug-likeness (QED) is 0.274. The van der Waals surface area contributed by atoms with E-state index in [1.807, 2.05) is 48.5 Å². The van der Waals surface area contributed by atoms with E-state index in [1.54, 1.807) is 32.9 Å². The Bertz CT molecular complexity index is 813. The summed E-state index contributed by atoms with van der Waals surface area (Å²) in [5.74, 6) is 2.23. The Morgan fingerprint density at radius 3 is 2.62 bits per heavy atom. The smallest absolute Gasteiger partial charge is 0.259 e. The lowest BCUT2D eigenvalue weighted by molar-refractivity contribution is -0.130. The molecule has 0 spiro atoms. The molecule has 0 heterocycles. The number of likely N-dealkylation sites (N-methyl/N-ethyl adjacent to an activating group) is 1. The summed E-state index contributed by atoms with van der Waals surface area (Å²) >= 11 is 7.66. The number of aliphatic imine (C=N–C) groups is 1. The van der Waals surface area contributed by atoms with Gasteiger partial charge in [0.25, 0.3) is 5.91 Å². The van der Waals surface area contributed by atoms with Crippen molar-refractivity contribution < 1.29 is 9.53 Å². The number of rotatable bonds is 9. The van der Waals surface area contributed by atoms with Gasteiger partial charge in [0, 0.05) is 49.9 Å². The summed E-state index contributed by atoms with van der Waals surface area (Å²) in [7, 11) is 5.16. The number of amides is 1. The van der Waals surface area contributed by atoms with E-state index in [1.165, 1.54) is 9.80 Å². The Labute approximate surface area is 181 Å². The first-order valence-electron chi connectivity index (χ1n) is 9.22. The lowest BCUT2D eigenvalue weighted by Crippen LogP contribution is -2.37. The number of thioether (sulfide) groups is 1. The zero-order valence-corrected chi connectivity index (χ0v) is 18.5. The average molecular weight is 435 g/mol. The van der Waals surface area contributed by atoms with Crippen molar-refractivity contribution in [3.05, 3.63) is 59.1 Å². The normalized spacial score (nSPS) is 11.1. The molecule has 2 rings (SSSR count).